The fourth-order valence-corrected chi connectivity index (χ4v) is 1.45. The third-order valence-electron chi connectivity index (χ3n) is 2.33. The Morgan fingerprint density at radius 3 is 3.00 bits per heavy atom. The molecule has 104 valence electrons. The number of rotatable bonds is 11. The van der Waals surface area contributed by atoms with Crippen molar-refractivity contribution in [2.45, 2.75) is 19.9 Å². The van der Waals surface area contributed by atoms with Crippen LogP contribution in [0.2, 0.25) is 0 Å². The highest BCUT2D eigenvalue weighted by Gasteiger charge is 1.97. The molecule has 0 aromatic carbocycles. The second-order valence-electron chi connectivity index (χ2n) is 3.81. The van der Waals surface area contributed by atoms with E-state index in [1.807, 2.05) is 17.8 Å². The summed E-state index contributed by atoms with van der Waals surface area (Å²) in [5.74, 6) is 0. The minimum Gasteiger partial charge on any atom is -0.394 e. The lowest BCUT2D eigenvalue weighted by Crippen LogP contribution is -2.08. The molecule has 0 amide bonds. The summed E-state index contributed by atoms with van der Waals surface area (Å²) < 4.78 is 12.3. The van der Waals surface area contributed by atoms with E-state index in [9.17, 15) is 0 Å². The molecule has 18 heavy (non-hydrogen) atoms. The fraction of sp³-hybridized carbons (Fsp3) is 0.750. The van der Waals surface area contributed by atoms with E-state index >= 15 is 0 Å². The molecule has 0 unspecified atom stereocenters. The van der Waals surface area contributed by atoms with Crippen LogP contribution >= 0.6 is 0 Å². The topological polar surface area (TPSA) is 68.5 Å². The van der Waals surface area contributed by atoms with Crippen LogP contribution in [0.3, 0.4) is 0 Å². The number of anilines is 1. The van der Waals surface area contributed by atoms with E-state index in [2.05, 4.69) is 10.4 Å². The van der Waals surface area contributed by atoms with Gasteiger partial charge < -0.3 is 19.9 Å². The fourth-order valence-electron chi connectivity index (χ4n) is 1.45. The molecular formula is C12H23N3O3. The van der Waals surface area contributed by atoms with Crippen molar-refractivity contribution >= 4 is 5.69 Å². The molecule has 2 N–H and O–H groups in total. The van der Waals surface area contributed by atoms with Crippen LogP contribution in [0, 0.1) is 0 Å². The summed E-state index contributed by atoms with van der Waals surface area (Å²) in [6.07, 6.45) is 4.73. The first-order valence-corrected chi connectivity index (χ1v) is 6.39. The number of ether oxygens (including phenoxy) is 2. The number of aliphatic hydroxyl groups excluding tert-OH is 1. The van der Waals surface area contributed by atoms with Crippen molar-refractivity contribution in [3.8, 4) is 0 Å². The monoisotopic (exact) mass is 257 g/mol. The molecule has 0 saturated carbocycles. The molecule has 0 aliphatic rings. The molecule has 0 aliphatic heterocycles. The zero-order chi connectivity index (χ0) is 13.1. The molecule has 6 heteroatoms. The van der Waals surface area contributed by atoms with Crippen LogP contribution in [-0.2, 0) is 16.0 Å². The van der Waals surface area contributed by atoms with Crippen molar-refractivity contribution in [3.05, 3.63) is 12.4 Å². The van der Waals surface area contributed by atoms with E-state index in [0.717, 1.165) is 31.9 Å². The quantitative estimate of drug-likeness (QED) is 0.572. The summed E-state index contributed by atoms with van der Waals surface area (Å²) in [6.45, 7) is 6.13. The van der Waals surface area contributed by atoms with E-state index in [-0.39, 0.29) is 6.61 Å². The van der Waals surface area contributed by atoms with Crippen LogP contribution in [0.15, 0.2) is 12.4 Å². The molecule has 0 bridgehead atoms. The molecule has 1 aromatic heterocycles. The Bertz CT molecular complexity index is 305. The second kappa shape index (κ2) is 9.87. The molecular weight excluding hydrogens is 234 g/mol. The van der Waals surface area contributed by atoms with Gasteiger partial charge in [0.15, 0.2) is 0 Å². The molecule has 0 radical (unpaired) electrons. The van der Waals surface area contributed by atoms with Crippen molar-refractivity contribution < 1.29 is 14.6 Å². The average Bonchev–Trinajstić information content (AvgIpc) is 2.82. The van der Waals surface area contributed by atoms with Crippen LogP contribution in [0.1, 0.15) is 13.3 Å². The highest BCUT2D eigenvalue weighted by molar-refractivity contribution is 5.37. The number of hydrogen-bond donors (Lipinski definition) is 2. The van der Waals surface area contributed by atoms with Gasteiger partial charge >= 0.3 is 0 Å². The van der Waals surface area contributed by atoms with Gasteiger partial charge in [-0.3, -0.25) is 4.68 Å². The van der Waals surface area contributed by atoms with Gasteiger partial charge in [-0.2, -0.15) is 5.10 Å². The van der Waals surface area contributed by atoms with Gasteiger partial charge in [0.1, 0.15) is 0 Å². The van der Waals surface area contributed by atoms with Crippen LogP contribution < -0.4 is 5.32 Å². The van der Waals surface area contributed by atoms with Crippen LogP contribution in [-0.4, -0.2) is 54.5 Å². The molecule has 0 spiro atoms. The van der Waals surface area contributed by atoms with Gasteiger partial charge in [-0.05, 0) is 13.3 Å². The predicted octanol–water partition coefficient (Wildman–Crippen LogP) is 0.730. The number of aliphatic hydroxyl groups is 1. The number of nitrogens with zero attached hydrogens (tertiary/aromatic N) is 2. The van der Waals surface area contributed by atoms with Gasteiger partial charge in [-0.25, -0.2) is 0 Å². The normalized spacial score (nSPS) is 10.8. The molecule has 0 saturated heterocycles. The Labute approximate surface area is 108 Å². The van der Waals surface area contributed by atoms with Crippen LogP contribution in [0.25, 0.3) is 0 Å². The number of aromatic nitrogens is 2. The van der Waals surface area contributed by atoms with E-state index in [1.165, 1.54) is 0 Å². The third kappa shape index (κ3) is 6.58. The Kier molecular flexibility index (Phi) is 8.20. The standard InChI is InChI=1S/C12H23N3O3/c1-2-17-7-3-4-13-12-10-14-15(11-12)5-8-18-9-6-16/h10-11,13,16H,2-9H2,1H3. The first-order valence-electron chi connectivity index (χ1n) is 6.39. The number of nitrogens with one attached hydrogen (secondary N) is 1. The first kappa shape index (κ1) is 14.9. The molecule has 1 aromatic rings. The summed E-state index contributed by atoms with van der Waals surface area (Å²) in [6, 6.07) is 0. The summed E-state index contributed by atoms with van der Waals surface area (Å²) in [4.78, 5) is 0. The maximum absolute atomic E-state index is 8.56. The van der Waals surface area contributed by atoms with Crippen LogP contribution in [0.4, 0.5) is 5.69 Å². The van der Waals surface area contributed by atoms with Crippen molar-refractivity contribution in [2.24, 2.45) is 0 Å². The lowest BCUT2D eigenvalue weighted by atomic mass is 10.4. The van der Waals surface area contributed by atoms with Crippen molar-refractivity contribution in [2.75, 3.05) is 44.9 Å². The first-order chi connectivity index (χ1) is 8.86. The lowest BCUT2D eigenvalue weighted by Gasteiger charge is -2.04. The summed E-state index contributed by atoms with van der Waals surface area (Å²) in [5.41, 5.74) is 1.01. The van der Waals surface area contributed by atoms with Gasteiger partial charge in [-0.15, -0.1) is 0 Å². The molecule has 1 heterocycles. The van der Waals surface area contributed by atoms with Gasteiger partial charge in [-0.1, -0.05) is 0 Å². The van der Waals surface area contributed by atoms with Crippen molar-refractivity contribution in [1.82, 2.24) is 9.78 Å². The van der Waals surface area contributed by atoms with E-state index in [1.54, 1.807) is 6.20 Å². The zero-order valence-electron chi connectivity index (χ0n) is 11.0. The van der Waals surface area contributed by atoms with Gasteiger partial charge in [0.05, 0.1) is 38.2 Å². The summed E-state index contributed by atoms with van der Waals surface area (Å²) in [7, 11) is 0. The average molecular weight is 257 g/mol. The predicted molar refractivity (Wildman–Crippen MR) is 69.7 cm³/mol. The van der Waals surface area contributed by atoms with E-state index in [4.69, 9.17) is 14.6 Å². The molecule has 0 fully saturated rings. The smallest absolute Gasteiger partial charge is 0.0726 e. The van der Waals surface area contributed by atoms with Gasteiger partial charge in [0.2, 0.25) is 0 Å². The van der Waals surface area contributed by atoms with Gasteiger partial charge in [0.25, 0.3) is 0 Å². The van der Waals surface area contributed by atoms with E-state index in [0.29, 0.717) is 19.8 Å². The highest BCUT2D eigenvalue weighted by Crippen LogP contribution is 2.04. The maximum atomic E-state index is 8.56. The van der Waals surface area contributed by atoms with Crippen molar-refractivity contribution in [3.63, 3.8) is 0 Å². The van der Waals surface area contributed by atoms with E-state index < -0.39 is 0 Å². The molecule has 0 atom stereocenters. The van der Waals surface area contributed by atoms with Gasteiger partial charge in [0, 0.05) is 26.0 Å². The zero-order valence-corrected chi connectivity index (χ0v) is 11.0. The minimum absolute atomic E-state index is 0.0613. The second-order valence-corrected chi connectivity index (χ2v) is 3.81. The summed E-state index contributed by atoms with van der Waals surface area (Å²) >= 11 is 0. The Morgan fingerprint density at radius 1 is 1.33 bits per heavy atom. The Morgan fingerprint density at radius 2 is 2.22 bits per heavy atom. The minimum atomic E-state index is 0.0613. The maximum Gasteiger partial charge on any atom is 0.0726 e. The largest absolute Gasteiger partial charge is 0.394 e. The van der Waals surface area contributed by atoms with Crippen LogP contribution in [0.5, 0.6) is 0 Å². The molecule has 1 rings (SSSR count). The molecule has 6 nitrogen and oxygen atoms in total. The SMILES string of the molecule is CCOCCCNc1cnn(CCOCCO)c1. The Hall–Kier alpha value is -1.11. The molecule has 0 aliphatic carbocycles. The third-order valence-corrected chi connectivity index (χ3v) is 2.33. The van der Waals surface area contributed by atoms with Crippen molar-refractivity contribution in [1.29, 1.82) is 0 Å². The summed E-state index contributed by atoms with van der Waals surface area (Å²) in [5, 5.41) is 16.0. The number of hydrogen-bond acceptors (Lipinski definition) is 5. The highest BCUT2D eigenvalue weighted by atomic mass is 16.5. The lowest BCUT2D eigenvalue weighted by molar-refractivity contribution is 0.0854. The Balaban J connectivity index is 2.10.